The van der Waals surface area contributed by atoms with Crippen LogP contribution in [-0.2, 0) is 4.79 Å². The van der Waals surface area contributed by atoms with Crippen LogP contribution in [0.2, 0.25) is 0 Å². The summed E-state index contributed by atoms with van der Waals surface area (Å²) < 4.78 is 0. The molecule has 25 heavy (non-hydrogen) atoms. The first-order valence-electron chi connectivity index (χ1n) is 8.34. The Kier molecular flexibility index (Phi) is 5.67. The third-order valence-electron chi connectivity index (χ3n) is 4.37. The first-order valence-corrected chi connectivity index (χ1v) is 9.22. The third kappa shape index (κ3) is 3.68. The number of carbonyl (C=O) groups excluding carboxylic acids is 1. The molecule has 0 bridgehead atoms. The van der Waals surface area contributed by atoms with Crippen LogP contribution in [0.5, 0.6) is 0 Å². The molecule has 0 radical (unpaired) electrons. The molecule has 1 aliphatic heterocycles. The van der Waals surface area contributed by atoms with Gasteiger partial charge in [0.2, 0.25) is 12.4 Å². The highest BCUT2D eigenvalue weighted by Gasteiger charge is 2.22. The number of thiophene rings is 1. The number of piperazine rings is 1. The van der Waals surface area contributed by atoms with Crippen LogP contribution < -0.4 is 9.80 Å². The second kappa shape index (κ2) is 7.94. The van der Waals surface area contributed by atoms with Gasteiger partial charge in [0, 0.05) is 39.3 Å². The van der Waals surface area contributed by atoms with Crippen LogP contribution >= 0.6 is 11.3 Å². The van der Waals surface area contributed by atoms with Crippen LogP contribution in [0.3, 0.4) is 0 Å². The van der Waals surface area contributed by atoms with E-state index >= 15 is 0 Å². The average Bonchev–Trinajstić information content (AvgIpc) is 3.02. The Labute approximate surface area is 150 Å². The fraction of sp³-hybridized carbons (Fsp3) is 0.562. The molecule has 2 aromatic rings. The summed E-state index contributed by atoms with van der Waals surface area (Å²) in [5.74, 6) is 1.38. The summed E-state index contributed by atoms with van der Waals surface area (Å²) in [4.78, 5) is 27.0. The quantitative estimate of drug-likeness (QED) is 0.671. The first-order chi connectivity index (χ1) is 12.2. The monoisotopic (exact) mass is 365 g/mol. The van der Waals surface area contributed by atoms with Crippen LogP contribution in [-0.4, -0.2) is 84.0 Å². The maximum atomic E-state index is 10.9. The Morgan fingerprint density at radius 1 is 1.20 bits per heavy atom. The van der Waals surface area contributed by atoms with Crippen LogP contribution in [0.15, 0.2) is 5.38 Å². The van der Waals surface area contributed by atoms with Gasteiger partial charge in [-0.2, -0.15) is 4.98 Å². The predicted octanol–water partition coefficient (Wildman–Crippen LogP) is 0.0691. The maximum Gasteiger partial charge on any atom is 0.228 e. The number of hydrogen-bond acceptors (Lipinski definition) is 8. The SMILES string of the molecule is Cc1csc2nc(N3CCN(C=O)CC3)nc(N(CCO)CCO)c12. The highest BCUT2D eigenvalue weighted by atomic mass is 32.1. The fourth-order valence-corrected chi connectivity index (χ4v) is 3.92. The molecule has 2 aromatic heterocycles. The number of hydrogen-bond donors (Lipinski definition) is 2. The highest BCUT2D eigenvalue weighted by molar-refractivity contribution is 7.17. The lowest BCUT2D eigenvalue weighted by molar-refractivity contribution is -0.118. The van der Waals surface area contributed by atoms with Gasteiger partial charge in [0.25, 0.3) is 0 Å². The van der Waals surface area contributed by atoms with E-state index in [1.165, 1.54) is 0 Å². The Balaban J connectivity index is 1.99. The molecule has 0 atom stereocenters. The Morgan fingerprint density at radius 3 is 2.48 bits per heavy atom. The third-order valence-corrected chi connectivity index (χ3v) is 5.36. The molecule has 1 saturated heterocycles. The standard InChI is InChI=1S/C16H23N5O3S/c1-12-10-25-15-13(12)14(20(6-8-22)7-9-23)17-16(18-15)21-4-2-19(11-24)3-5-21/h10-11,22-23H,2-9H2,1H3. The van der Waals surface area contributed by atoms with E-state index in [1.807, 2.05) is 17.2 Å². The van der Waals surface area contributed by atoms with Gasteiger partial charge in [0.05, 0.1) is 18.6 Å². The van der Waals surface area contributed by atoms with Crippen molar-refractivity contribution in [2.45, 2.75) is 6.92 Å². The molecule has 0 aromatic carbocycles. The minimum absolute atomic E-state index is 0.0119. The van der Waals surface area contributed by atoms with E-state index in [-0.39, 0.29) is 13.2 Å². The molecule has 1 aliphatic rings. The smallest absolute Gasteiger partial charge is 0.228 e. The summed E-state index contributed by atoms with van der Waals surface area (Å²) >= 11 is 1.57. The summed E-state index contributed by atoms with van der Waals surface area (Å²) in [6, 6.07) is 0. The molecule has 1 amide bonds. The lowest BCUT2D eigenvalue weighted by Gasteiger charge is -2.33. The Bertz CT molecular complexity index is 724. The molecule has 3 heterocycles. The molecule has 0 saturated carbocycles. The van der Waals surface area contributed by atoms with Crippen molar-refractivity contribution in [3.05, 3.63) is 10.9 Å². The highest BCUT2D eigenvalue weighted by Crippen LogP contribution is 2.33. The second-order valence-electron chi connectivity index (χ2n) is 6.01. The number of fused-ring (bicyclic) bond motifs is 1. The Hall–Kier alpha value is -1.97. The van der Waals surface area contributed by atoms with Crippen molar-refractivity contribution >= 4 is 39.7 Å². The fourth-order valence-electron chi connectivity index (χ4n) is 3.01. The van der Waals surface area contributed by atoms with Crippen molar-refractivity contribution in [1.82, 2.24) is 14.9 Å². The molecule has 0 spiro atoms. The van der Waals surface area contributed by atoms with E-state index in [0.717, 1.165) is 28.0 Å². The molecule has 0 unspecified atom stereocenters. The molecule has 9 heteroatoms. The molecule has 2 N–H and O–H groups in total. The van der Waals surface area contributed by atoms with Crippen LogP contribution in [0.1, 0.15) is 5.56 Å². The number of aryl methyl sites for hydroxylation is 1. The van der Waals surface area contributed by atoms with E-state index in [1.54, 1.807) is 16.2 Å². The van der Waals surface area contributed by atoms with Gasteiger partial charge in [-0.3, -0.25) is 4.79 Å². The maximum absolute atomic E-state index is 10.9. The molecule has 1 fully saturated rings. The van der Waals surface area contributed by atoms with E-state index in [2.05, 4.69) is 4.90 Å². The van der Waals surface area contributed by atoms with E-state index in [4.69, 9.17) is 9.97 Å². The van der Waals surface area contributed by atoms with Crippen molar-refractivity contribution in [1.29, 1.82) is 0 Å². The van der Waals surface area contributed by atoms with Gasteiger partial charge < -0.3 is 24.9 Å². The van der Waals surface area contributed by atoms with Crippen molar-refractivity contribution in [3.63, 3.8) is 0 Å². The zero-order valence-corrected chi connectivity index (χ0v) is 15.1. The number of amides is 1. The molecule has 136 valence electrons. The van der Waals surface area contributed by atoms with Gasteiger partial charge in [0.1, 0.15) is 10.6 Å². The van der Waals surface area contributed by atoms with Crippen LogP contribution in [0, 0.1) is 6.92 Å². The summed E-state index contributed by atoms with van der Waals surface area (Å²) in [5.41, 5.74) is 1.09. The zero-order valence-electron chi connectivity index (χ0n) is 14.3. The largest absolute Gasteiger partial charge is 0.395 e. The van der Waals surface area contributed by atoms with E-state index < -0.39 is 0 Å². The normalized spacial score (nSPS) is 15.0. The number of anilines is 2. The number of aromatic nitrogens is 2. The van der Waals surface area contributed by atoms with Gasteiger partial charge in [-0.25, -0.2) is 4.98 Å². The minimum atomic E-state index is -0.0119. The average molecular weight is 365 g/mol. The lowest BCUT2D eigenvalue weighted by atomic mass is 10.2. The number of carbonyl (C=O) groups is 1. The van der Waals surface area contributed by atoms with Gasteiger partial charge in [0.15, 0.2) is 0 Å². The molecule has 8 nitrogen and oxygen atoms in total. The molecular formula is C16H23N5O3S. The van der Waals surface area contributed by atoms with Gasteiger partial charge in [-0.15, -0.1) is 11.3 Å². The van der Waals surface area contributed by atoms with Crippen molar-refractivity contribution < 1.29 is 15.0 Å². The Morgan fingerprint density at radius 2 is 1.88 bits per heavy atom. The van der Waals surface area contributed by atoms with E-state index in [9.17, 15) is 15.0 Å². The zero-order chi connectivity index (χ0) is 17.8. The molecule has 0 aliphatic carbocycles. The van der Waals surface area contributed by atoms with E-state index in [0.29, 0.717) is 45.2 Å². The summed E-state index contributed by atoms with van der Waals surface area (Å²) in [6.07, 6.45) is 0.875. The number of rotatable bonds is 7. The van der Waals surface area contributed by atoms with Crippen molar-refractivity contribution in [3.8, 4) is 0 Å². The van der Waals surface area contributed by atoms with Gasteiger partial charge in [-0.05, 0) is 17.9 Å². The number of aliphatic hydroxyl groups excluding tert-OH is 2. The summed E-state index contributed by atoms with van der Waals surface area (Å²) in [6.45, 7) is 5.48. The summed E-state index contributed by atoms with van der Waals surface area (Å²) in [7, 11) is 0. The van der Waals surface area contributed by atoms with Crippen molar-refractivity contribution in [2.75, 3.05) is 62.3 Å². The molecular weight excluding hydrogens is 342 g/mol. The lowest BCUT2D eigenvalue weighted by Crippen LogP contribution is -2.46. The minimum Gasteiger partial charge on any atom is -0.395 e. The first kappa shape index (κ1) is 17.8. The van der Waals surface area contributed by atoms with Crippen LogP contribution in [0.25, 0.3) is 10.2 Å². The van der Waals surface area contributed by atoms with Crippen LogP contribution in [0.4, 0.5) is 11.8 Å². The molecule has 3 rings (SSSR count). The van der Waals surface area contributed by atoms with Crippen molar-refractivity contribution in [2.24, 2.45) is 0 Å². The number of nitrogens with zero attached hydrogens (tertiary/aromatic N) is 5. The number of aliphatic hydroxyl groups is 2. The van der Waals surface area contributed by atoms with Gasteiger partial charge in [-0.1, -0.05) is 0 Å². The second-order valence-corrected chi connectivity index (χ2v) is 6.87. The summed E-state index contributed by atoms with van der Waals surface area (Å²) in [5, 5.41) is 21.8. The topological polar surface area (TPSA) is 93.0 Å². The predicted molar refractivity (Wildman–Crippen MR) is 98.4 cm³/mol. The van der Waals surface area contributed by atoms with Gasteiger partial charge >= 0.3 is 0 Å².